The van der Waals surface area contributed by atoms with Gasteiger partial charge in [0.1, 0.15) is 5.84 Å². The van der Waals surface area contributed by atoms with Gasteiger partial charge < -0.3 is 9.64 Å². The van der Waals surface area contributed by atoms with Crippen molar-refractivity contribution < 1.29 is 4.74 Å². The van der Waals surface area contributed by atoms with Crippen LogP contribution in [0, 0.1) is 6.92 Å². The number of hydrogen-bond donors (Lipinski definition) is 0. The zero-order valence-electron chi connectivity index (χ0n) is 26.7. The Morgan fingerprint density at radius 1 is 0.617 bits per heavy atom. The third-order valence-corrected chi connectivity index (χ3v) is 8.87. The van der Waals surface area contributed by atoms with Crippen molar-refractivity contribution in [1.82, 2.24) is 4.57 Å². The maximum absolute atomic E-state index is 6.28. The molecule has 47 heavy (non-hydrogen) atoms. The van der Waals surface area contributed by atoms with E-state index in [0.29, 0.717) is 0 Å². The summed E-state index contributed by atoms with van der Waals surface area (Å²) in [5.41, 5.74) is 10.4. The van der Waals surface area contributed by atoms with Crippen molar-refractivity contribution in [3.05, 3.63) is 151 Å². The van der Waals surface area contributed by atoms with Crippen molar-refractivity contribution >= 4 is 61.8 Å². The summed E-state index contributed by atoms with van der Waals surface area (Å²) in [7, 11) is 0. The van der Waals surface area contributed by atoms with Crippen LogP contribution >= 0.6 is 0 Å². The number of benzene rings is 6. The number of aromatic nitrogens is 1. The molecule has 0 bridgehead atoms. The largest absolute Gasteiger partial charge is 0.453 e. The Morgan fingerprint density at radius 3 is 1.98 bits per heavy atom. The van der Waals surface area contributed by atoms with Crippen LogP contribution < -0.4 is 9.64 Å². The van der Waals surface area contributed by atoms with Gasteiger partial charge in [0, 0.05) is 22.0 Å². The van der Waals surface area contributed by atoms with E-state index in [1.165, 1.54) is 5.39 Å². The summed E-state index contributed by atoms with van der Waals surface area (Å²) < 4.78 is 8.56. The Hall–Kier alpha value is -5.94. The lowest BCUT2D eigenvalue weighted by Gasteiger charge is -2.32. The molecule has 0 atom stereocenters. The standard InChI is InChI=1S/C42H34N4O/c1-4-34(44-35-18-8-5-15-28(35)2)32-17-6-9-19-36(32)43-29(3)45-37-20-10-7-16-31(37)33-27-30(25-26-38(33)45)46-39-21-11-13-23-41(39)47-42-24-14-12-22-40(42)46/h5-27H,4H2,1-3H3. The highest BCUT2D eigenvalue weighted by Gasteiger charge is 2.26. The first kappa shape index (κ1) is 28.5. The quantitative estimate of drug-likeness (QED) is 0.144. The van der Waals surface area contributed by atoms with Crippen molar-refractivity contribution in [2.24, 2.45) is 9.98 Å². The first-order valence-corrected chi connectivity index (χ1v) is 16.1. The third-order valence-electron chi connectivity index (χ3n) is 8.87. The second-order valence-electron chi connectivity index (χ2n) is 11.8. The molecule has 0 radical (unpaired) electrons. The van der Waals surface area contributed by atoms with Gasteiger partial charge in [-0.15, -0.1) is 0 Å². The normalized spacial score (nSPS) is 13.0. The minimum absolute atomic E-state index is 0.797. The van der Waals surface area contributed by atoms with Gasteiger partial charge in [0.25, 0.3) is 0 Å². The second-order valence-corrected chi connectivity index (χ2v) is 11.8. The molecule has 2 heterocycles. The zero-order valence-corrected chi connectivity index (χ0v) is 26.7. The second kappa shape index (κ2) is 11.8. The molecule has 8 rings (SSSR count). The highest BCUT2D eigenvalue weighted by molar-refractivity contribution is 6.15. The van der Waals surface area contributed by atoms with E-state index >= 15 is 0 Å². The molecule has 0 N–H and O–H groups in total. The van der Waals surface area contributed by atoms with Gasteiger partial charge in [-0.05, 0) is 86.5 Å². The average molecular weight is 611 g/mol. The number of ether oxygens (including phenoxy) is 1. The highest BCUT2D eigenvalue weighted by Crippen LogP contribution is 2.50. The molecule has 0 amide bonds. The number of anilines is 3. The summed E-state index contributed by atoms with van der Waals surface area (Å²) in [6.07, 6.45) is 0.797. The van der Waals surface area contributed by atoms with Crippen LogP contribution in [0.25, 0.3) is 21.8 Å². The van der Waals surface area contributed by atoms with Crippen molar-refractivity contribution in [1.29, 1.82) is 0 Å². The Balaban J connectivity index is 1.27. The first-order chi connectivity index (χ1) is 23.1. The predicted octanol–water partition coefficient (Wildman–Crippen LogP) is 11.8. The number of nitrogens with zero attached hydrogens (tertiary/aromatic N) is 4. The zero-order chi connectivity index (χ0) is 31.9. The molecule has 0 aliphatic carbocycles. The van der Waals surface area contributed by atoms with Crippen LogP contribution in [0.1, 0.15) is 31.4 Å². The van der Waals surface area contributed by atoms with Crippen LogP contribution in [0.15, 0.2) is 150 Å². The van der Waals surface area contributed by atoms with Crippen LogP contribution in [-0.4, -0.2) is 16.1 Å². The maximum atomic E-state index is 6.28. The van der Waals surface area contributed by atoms with Gasteiger partial charge in [0.15, 0.2) is 11.5 Å². The summed E-state index contributed by atoms with van der Waals surface area (Å²) >= 11 is 0. The molecule has 1 aliphatic heterocycles. The molecule has 0 saturated heterocycles. The Bertz CT molecular complexity index is 2320. The smallest absolute Gasteiger partial charge is 0.151 e. The van der Waals surface area contributed by atoms with Crippen molar-refractivity contribution in [3.8, 4) is 11.5 Å². The summed E-state index contributed by atoms with van der Waals surface area (Å²) in [6, 6.07) is 48.3. The van der Waals surface area contributed by atoms with Gasteiger partial charge in [-0.3, -0.25) is 9.56 Å². The SMILES string of the molecule is CCC(=Nc1ccccc1C)c1ccccc1N=C(C)n1c2ccccc2c2cc(N3c4ccccc4Oc4ccccc43)ccc21. The molecule has 228 valence electrons. The summed E-state index contributed by atoms with van der Waals surface area (Å²) in [5.74, 6) is 2.57. The molecular formula is C42H34N4O. The topological polar surface area (TPSA) is 42.1 Å². The van der Waals surface area contributed by atoms with E-state index in [-0.39, 0.29) is 0 Å². The van der Waals surface area contributed by atoms with E-state index in [0.717, 1.165) is 85.5 Å². The average Bonchev–Trinajstić information content (AvgIpc) is 3.44. The fourth-order valence-electron chi connectivity index (χ4n) is 6.63. The van der Waals surface area contributed by atoms with Gasteiger partial charge in [0.2, 0.25) is 0 Å². The molecule has 1 aromatic heterocycles. The van der Waals surface area contributed by atoms with E-state index in [2.05, 4.69) is 133 Å². The number of fused-ring (bicyclic) bond motifs is 5. The van der Waals surface area contributed by atoms with Gasteiger partial charge in [-0.1, -0.05) is 85.8 Å². The number of para-hydroxylation sites is 7. The van der Waals surface area contributed by atoms with Crippen molar-refractivity contribution in [2.45, 2.75) is 27.2 Å². The fraction of sp³-hybridized carbons (Fsp3) is 0.0952. The first-order valence-electron chi connectivity index (χ1n) is 16.1. The molecule has 6 aromatic carbocycles. The minimum Gasteiger partial charge on any atom is -0.453 e. The Kier molecular flexibility index (Phi) is 7.14. The molecule has 5 nitrogen and oxygen atoms in total. The monoisotopic (exact) mass is 610 g/mol. The van der Waals surface area contributed by atoms with Crippen LogP contribution in [-0.2, 0) is 0 Å². The van der Waals surface area contributed by atoms with E-state index in [1.807, 2.05) is 36.4 Å². The Morgan fingerprint density at radius 2 is 1.23 bits per heavy atom. The number of hydrogen-bond acceptors (Lipinski definition) is 4. The number of rotatable bonds is 5. The number of aliphatic imine (C=N–C) groups is 2. The van der Waals surface area contributed by atoms with Crippen LogP contribution in [0.3, 0.4) is 0 Å². The molecule has 0 saturated carbocycles. The lowest BCUT2D eigenvalue weighted by Crippen LogP contribution is -2.15. The molecule has 1 aliphatic rings. The molecule has 7 aromatic rings. The van der Waals surface area contributed by atoms with E-state index in [4.69, 9.17) is 14.7 Å². The maximum Gasteiger partial charge on any atom is 0.151 e. The van der Waals surface area contributed by atoms with Crippen molar-refractivity contribution in [3.63, 3.8) is 0 Å². The summed E-state index contributed by atoms with van der Waals surface area (Å²) in [5, 5.41) is 2.34. The third kappa shape index (κ3) is 4.97. The molecular weight excluding hydrogens is 576 g/mol. The Labute approximate surface area is 274 Å². The lowest BCUT2D eigenvalue weighted by molar-refractivity contribution is 0.477. The van der Waals surface area contributed by atoms with Gasteiger partial charge in [0.05, 0.1) is 39.5 Å². The molecule has 0 unspecified atom stereocenters. The van der Waals surface area contributed by atoms with Crippen molar-refractivity contribution in [2.75, 3.05) is 4.90 Å². The van der Waals surface area contributed by atoms with E-state index in [1.54, 1.807) is 0 Å². The van der Waals surface area contributed by atoms with Gasteiger partial charge in [-0.25, -0.2) is 4.99 Å². The van der Waals surface area contributed by atoms with Gasteiger partial charge >= 0.3 is 0 Å². The molecule has 5 heteroatoms. The molecule has 0 spiro atoms. The van der Waals surface area contributed by atoms with Crippen LogP contribution in [0.2, 0.25) is 0 Å². The van der Waals surface area contributed by atoms with Crippen LogP contribution in [0.4, 0.5) is 28.4 Å². The summed E-state index contributed by atoms with van der Waals surface area (Å²) in [6.45, 7) is 6.35. The minimum atomic E-state index is 0.797. The van der Waals surface area contributed by atoms with E-state index in [9.17, 15) is 0 Å². The predicted molar refractivity (Wildman–Crippen MR) is 196 cm³/mol. The van der Waals surface area contributed by atoms with Gasteiger partial charge in [-0.2, -0.15) is 0 Å². The fourth-order valence-corrected chi connectivity index (χ4v) is 6.63. The van der Waals surface area contributed by atoms with Crippen LogP contribution in [0.5, 0.6) is 11.5 Å². The highest BCUT2D eigenvalue weighted by atomic mass is 16.5. The number of aryl methyl sites for hydroxylation is 1. The molecule has 0 fully saturated rings. The lowest BCUT2D eigenvalue weighted by atomic mass is 10.1. The summed E-state index contributed by atoms with van der Waals surface area (Å²) in [4.78, 5) is 12.7. The van der Waals surface area contributed by atoms with E-state index < -0.39 is 0 Å².